The molecule has 1 aromatic heterocycles. The van der Waals surface area contributed by atoms with Crippen LogP contribution in [0.1, 0.15) is 20.8 Å². The summed E-state index contributed by atoms with van der Waals surface area (Å²) < 4.78 is 25.6. The highest BCUT2D eigenvalue weighted by Gasteiger charge is 2.36. The second-order valence-corrected chi connectivity index (χ2v) is 8.84. The monoisotopic (exact) mass is 356 g/mol. The van der Waals surface area contributed by atoms with E-state index in [9.17, 15) is 23.3 Å². The van der Waals surface area contributed by atoms with Gasteiger partial charge in [0.15, 0.2) is 4.34 Å². The van der Waals surface area contributed by atoms with E-state index in [0.29, 0.717) is 11.3 Å². The van der Waals surface area contributed by atoms with Crippen molar-refractivity contribution in [2.45, 2.75) is 31.0 Å². The second-order valence-electron chi connectivity index (χ2n) is 5.24. The number of carboxylic acid groups (broad SMARTS) is 1. The Morgan fingerprint density at radius 3 is 2.38 bits per heavy atom. The fourth-order valence-electron chi connectivity index (χ4n) is 1.41. The minimum absolute atomic E-state index is 0.289. The first-order valence-electron chi connectivity index (χ1n) is 5.55. The molecule has 1 atom stereocenters. The summed E-state index contributed by atoms with van der Waals surface area (Å²) in [6.45, 7) is 4.66. The number of hydrogen-bond donors (Lipinski definition) is 2. The molecule has 118 valence electrons. The van der Waals surface area contributed by atoms with E-state index in [4.69, 9.17) is 16.7 Å². The van der Waals surface area contributed by atoms with Crippen molar-refractivity contribution in [2.24, 2.45) is 5.41 Å². The quantitative estimate of drug-likeness (QED) is 0.614. The van der Waals surface area contributed by atoms with E-state index in [1.807, 2.05) is 4.72 Å². The van der Waals surface area contributed by atoms with Crippen LogP contribution in [-0.4, -0.2) is 30.5 Å². The van der Waals surface area contributed by atoms with Crippen molar-refractivity contribution >= 4 is 44.6 Å². The van der Waals surface area contributed by atoms with E-state index < -0.39 is 42.3 Å². The predicted octanol–water partition coefficient (Wildman–Crippen LogP) is 2.09. The summed E-state index contributed by atoms with van der Waals surface area (Å²) in [5.41, 5.74) is -1.42. The van der Waals surface area contributed by atoms with Gasteiger partial charge in [0, 0.05) is 6.07 Å². The number of carboxylic acids is 1. The van der Waals surface area contributed by atoms with Gasteiger partial charge in [0.2, 0.25) is 0 Å². The fourth-order valence-corrected chi connectivity index (χ4v) is 4.48. The number of hydrogen-bond acceptors (Lipinski definition) is 6. The minimum atomic E-state index is -4.22. The largest absolute Gasteiger partial charge is 0.480 e. The number of nitrogens with one attached hydrogen (secondary N) is 1. The number of thiophene rings is 1. The van der Waals surface area contributed by atoms with Crippen LogP contribution in [-0.2, 0) is 14.8 Å². The Hall–Kier alpha value is -1.23. The number of halogens is 1. The van der Waals surface area contributed by atoms with E-state index in [-0.39, 0.29) is 4.34 Å². The third-order valence-corrected chi connectivity index (χ3v) is 5.73. The van der Waals surface area contributed by atoms with Gasteiger partial charge in [-0.2, -0.15) is 4.72 Å². The van der Waals surface area contributed by atoms with Crippen LogP contribution in [0.2, 0.25) is 4.34 Å². The van der Waals surface area contributed by atoms with Crippen LogP contribution in [0.4, 0.5) is 5.69 Å². The van der Waals surface area contributed by atoms with Gasteiger partial charge in [-0.3, -0.25) is 14.9 Å². The van der Waals surface area contributed by atoms with Crippen molar-refractivity contribution < 1.29 is 23.2 Å². The van der Waals surface area contributed by atoms with Crippen molar-refractivity contribution in [1.82, 2.24) is 4.72 Å². The topological polar surface area (TPSA) is 127 Å². The van der Waals surface area contributed by atoms with Crippen LogP contribution >= 0.6 is 22.9 Å². The summed E-state index contributed by atoms with van der Waals surface area (Å²) in [6.07, 6.45) is 0. The van der Waals surface area contributed by atoms with Gasteiger partial charge in [-0.15, -0.1) is 11.3 Å². The molecule has 1 rings (SSSR count). The molecule has 1 aromatic rings. The van der Waals surface area contributed by atoms with E-state index >= 15 is 0 Å². The molecular formula is C10H13ClN2O6S2. The van der Waals surface area contributed by atoms with Gasteiger partial charge in [0.25, 0.3) is 15.7 Å². The molecule has 0 aliphatic heterocycles. The first-order chi connectivity index (χ1) is 9.36. The van der Waals surface area contributed by atoms with Crippen molar-refractivity contribution in [1.29, 1.82) is 0 Å². The number of nitro groups is 1. The van der Waals surface area contributed by atoms with Crippen LogP contribution in [0.5, 0.6) is 0 Å². The Kier molecular flexibility index (Phi) is 4.98. The van der Waals surface area contributed by atoms with Gasteiger partial charge < -0.3 is 5.11 Å². The van der Waals surface area contributed by atoms with E-state index in [1.165, 1.54) is 0 Å². The summed E-state index contributed by atoms with van der Waals surface area (Å²) in [7, 11) is -4.22. The lowest BCUT2D eigenvalue weighted by molar-refractivity contribution is -0.384. The molecule has 0 fully saturated rings. The molecule has 0 aliphatic rings. The maximum absolute atomic E-state index is 12.1. The maximum atomic E-state index is 12.1. The molecule has 0 aromatic carbocycles. The molecule has 0 spiro atoms. The molecule has 0 bridgehead atoms. The lowest BCUT2D eigenvalue weighted by Gasteiger charge is -2.27. The van der Waals surface area contributed by atoms with E-state index in [0.717, 1.165) is 6.07 Å². The van der Waals surface area contributed by atoms with Crippen LogP contribution in [0, 0.1) is 15.5 Å². The second kappa shape index (κ2) is 5.87. The summed E-state index contributed by atoms with van der Waals surface area (Å²) in [6, 6.07) is -0.584. The van der Waals surface area contributed by atoms with Gasteiger partial charge in [-0.25, -0.2) is 8.42 Å². The zero-order valence-corrected chi connectivity index (χ0v) is 13.7. The van der Waals surface area contributed by atoms with Crippen molar-refractivity contribution in [3.63, 3.8) is 0 Å². The van der Waals surface area contributed by atoms with Crippen molar-refractivity contribution in [2.75, 3.05) is 0 Å². The average Bonchev–Trinajstić information content (AvgIpc) is 2.67. The van der Waals surface area contributed by atoms with Crippen LogP contribution in [0.15, 0.2) is 10.3 Å². The molecule has 0 amide bonds. The number of rotatable bonds is 5. The molecule has 11 heteroatoms. The van der Waals surface area contributed by atoms with Crippen molar-refractivity contribution in [3.05, 3.63) is 20.5 Å². The third-order valence-electron chi connectivity index (χ3n) is 2.49. The highest BCUT2D eigenvalue weighted by atomic mass is 35.5. The fraction of sp³-hybridized carbons (Fsp3) is 0.500. The molecule has 8 nitrogen and oxygen atoms in total. The zero-order valence-electron chi connectivity index (χ0n) is 11.3. The Morgan fingerprint density at radius 1 is 1.52 bits per heavy atom. The van der Waals surface area contributed by atoms with Crippen LogP contribution in [0.3, 0.4) is 0 Å². The highest BCUT2D eigenvalue weighted by molar-refractivity contribution is 7.91. The molecule has 2 N–H and O–H groups in total. The molecule has 0 unspecified atom stereocenters. The van der Waals surface area contributed by atoms with Gasteiger partial charge in [-0.05, 0) is 5.41 Å². The standard InChI is InChI=1S/C10H13ClN2O6S2/c1-10(2,3)7(9(14)15)12-21(18,19)6-4-5(13(16)17)8(11)20-6/h4,7,12H,1-3H3,(H,14,15)/t7-/m0/s1. The van der Waals surface area contributed by atoms with Gasteiger partial charge >= 0.3 is 5.97 Å². The van der Waals surface area contributed by atoms with Gasteiger partial charge in [0.1, 0.15) is 10.3 Å². The lowest BCUT2D eigenvalue weighted by atomic mass is 9.88. The molecule has 1 heterocycles. The maximum Gasteiger partial charge on any atom is 0.322 e. The minimum Gasteiger partial charge on any atom is -0.480 e. The summed E-state index contributed by atoms with van der Waals surface area (Å²) >= 11 is 6.10. The molecule has 0 saturated heterocycles. The first kappa shape index (κ1) is 17.8. The zero-order chi connectivity index (χ0) is 16.6. The van der Waals surface area contributed by atoms with E-state index in [1.54, 1.807) is 20.8 Å². The number of nitrogens with zero attached hydrogens (tertiary/aromatic N) is 1. The summed E-state index contributed by atoms with van der Waals surface area (Å²) in [5.74, 6) is -1.34. The highest BCUT2D eigenvalue weighted by Crippen LogP contribution is 2.36. The third kappa shape index (κ3) is 4.13. The molecule has 0 saturated carbocycles. The molecule has 0 radical (unpaired) electrons. The Labute approximate surface area is 129 Å². The lowest BCUT2D eigenvalue weighted by Crippen LogP contribution is -2.48. The van der Waals surface area contributed by atoms with Crippen LogP contribution < -0.4 is 4.72 Å². The summed E-state index contributed by atoms with van der Waals surface area (Å²) in [4.78, 5) is 21.0. The van der Waals surface area contributed by atoms with Crippen LogP contribution in [0.25, 0.3) is 0 Å². The summed E-state index contributed by atoms with van der Waals surface area (Å²) in [5, 5.41) is 19.8. The molecule has 21 heavy (non-hydrogen) atoms. The Morgan fingerprint density at radius 2 is 2.05 bits per heavy atom. The smallest absolute Gasteiger partial charge is 0.322 e. The van der Waals surface area contributed by atoms with Gasteiger partial charge in [-0.1, -0.05) is 32.4 Å². The number of aliphatic carboxylic acids is 1. The number of sulfonamides is 1. The molecular weight excluding hydrogens is 344 g/mol. The predicted molar refractivity (Wildman–Crippen MR) is 77.2 cm³/mol. The Bertz CT molecular complexity index is 676. The average molecular weight is 357 g/mol. The molecule has 0 aliphatic carbocycles. The SMILES string of the molecule is CC(C)(C)[C@@H](NS(=O)(=O)c1cc([N+](=O)[O-])c(Cl)s1)C(=O)O. The van der Waals surface area contributed by atoms with Gasteiger partial charge in [0.05, 0.1) is 4.92 Å². The first-order valence-corrected chi connectivity index (χ1v) is 8.23. The normalized spacial score (nSPS) is 13.9. The van der Waals surface area contributed by atoms with Crippen molar-refractivity contribution in [3.8, 4) is 0 Å². The number of carbonyl (C=O) groups is 1. The van der Waals surface area contributed by atoms with E-state index in [2.05, 4.69) is 0 Å². The Balaban J connectivity index is 3.20.